The van der Waals surface area contributed by atoms with Crippen LogP contribution in [0.25, 0.3) is 0 Å². The number of pyridine rings is 1. The molecule has 8 heteroatoms. The second kappa shape index (κ2) is 10.7. The third kappa shape index (κ3) is 5.72. The summed E-state index contributed by atoms with van der Waals surface area (Å²) < 4.78 is 57.3. The molecule has 1 aromatic carbocycles. The highest BCUT2D eigenvalue weighted by Gasteiger charge is 2.53. The number of aromatic nitrogens is 1. The molecule has 0 radical (unpaired) electrons. The quantitative estimate of drug-likeness (QED) is 0.328. The van der Waals surface area contributed by atoms with E-state index in [4.69, 9.17) is 13.9 Å². The fourth-order valence-corrected chi connectivity index (χ4v) is 9.18. The predicted molar refractivity (Wildman–Crippen MR) is 164 cm³/mol. The zero-order valence-corrected chi connectivity index (χ0v) is 27.5. The van der Waals surface area contributed by atoms with Gasteiger partial charge in [-0.3, -0.25) is 4.98 Å². The van der Waals surface area contributed by atoms with Crippen molar-refractivity contribution in [3.8, 4) is 5.75 Å². The van der Waals surface area contributed by atoms with E-state index < -0.39 is 28.4 Å². The van der Waals surface area contributed by atoms with Crippen LogP contribution >= 0.6 is 10.3 Å². The molecule has 0 amide bonds. The molecular weight excluding hydrogens is 559 g/mol. The molecule has 0 saturated heterocycles. The first kappa shape index (κ1) is 31.6. The van der Waals surface area contributed by atoms with E-state index in [1.165, 1.54) is 23.3 Å². The van der Waals surface area contributed by atoms with Gasteiger partial charge >= 0.3 is 6.36 Å². The molecule has 1 spiro atoms. The SMILES string of the molecule is CCS(C)(O[C@H]1CC(C)(C)Cc2nc(C(C)C)c3c(c21)C1(CCCC1)O[C@@H]3c1ccc(OC(F)(F)F)cc1)C(C)(C)C. The summed E-state index contributed by atoms with van der Waals surface area (Å²) >= 11 is 0. The minimum Gasteiger partial charge on any atom is -0.406 e. The normalized spacial score (nSPS) is 25.3. The van der Waals surface area contributed by atoms with Crippen molar-refractivity contribution in [1.82, 2.24) is 4.98 Å². The van der Waals surface area contributed by atoms with Crippen LogP contribution in [0.2, 0.25) is 0 Å². The molecule has 4 nitrogen and oxygen atoms in total. The largest absolute Gasteiger partial charge is 0.573 e. The maximum Gasteiger partial charge on any atom is 0.573 e. The fourth-order valence-electron chi connectivity index (χ4n) is 7.21. The van der Waals surface area contributed by atoms with Crippen LogP contribution in [0.3, 0.4) is 0 Å². The summed E-state index contributed by atoms with van der Waals surface area (Å²) in [7, 11) is -1.42. The molecule has 5 rings (SSSR count). The number of hydrogen-bond donors (Lipinski definition) is 0. The number of rotatable bonds is 6. The van der Waals surface area contributed by atoms with Gasteiger partial charge in [0.15, 0.2) is 0 Å². The Bertz CT molecular complexity index is 1310. The van der Waals surface area contributed by atoms with Crippen molar-refractivity contribution in [3.63, 3.8) is 0 Å². The van der Waals surface area contributed by atoms with Crippen LogP contribution in [0.5, 0.6) is 5.75 Å². The van der Waals surface area contributed by atoms with Crippen LogP contribution in [0, 0.1) is 5.41 Å². The van der Waals surface area contributed by atoms with Crippen LogP contribution in [0.15, 0.2) is 24.3 Å². The zero-order valence-electron chi connectivity index (χ0n) is 26.7. The first-order chi connectivity index (χ1) is 19.4. The van der Waals surface area contributed by atoms with E-state index in [1.807, 2.05) is 0 Å². The molecule has 0 bridgehead atoms. The van der Waals surface area contributed by atoms with E-state index in [1.54, 1.807) is 12.1 Å². The van der Waals surface area contributed by atoms with Crippen molar-refractivity contribution >= 4 is 10.3 Å². The van der Waals surface area contributed by atoms with Crippen molar-refractivity contribution < 1.29 is 26.8 Å². The zero-order chi connectivity index (χ0) is 30.9. The molecule has 1 aliphatic heterocycles. The monoisotopic (exact) mass is 607 g/mol. The van der Waals surface area contributed by atoms with E-state index in [-0.39, 0.29) is 27.9 Å². The summed E-state index contributed by atoms with van der Waals surface area (Å²) in [6.07, 6.45) is 2.89. The van der Waals surface area contributed by atoms with Crippen LogP contribution < -0.4 is 4.74 Å². The highest BCUT2D eigenvalue weighted by atomic mass is 32.3. The number of benzene rings is 1. The number of nitrogens with zero attached hydrogens (tertiary/aromatic N) is 1. The number of alkyl halides is 3. The number of hydrogen-bond acceptors (Lipinski definition) is 4. The van der Waals surface area contributed by atoms with E-state index in [0.29, 0.717) is 0 Å². The van der Waals surface area contributed by atoms with Crippen molar-refractivity contribution in [2.75, 3.05) is 12.0 Å². The molecule has 1 saturated carbocycles. The lowest BCUT2D eigenvalue weighted by atomic mass is 9.70. The highest BCUT2D eigenvalue weighted by Crippen LogP contribution is 2.64. The summed E-state index contributed by atoms with van der Waals surface area (Å²) in [5.41, 5.74) is 6.18. The van der Waals surface area contributed by atoms with E-state index in [9.17, 15) is 13.2 Å². The van der Waals surface area contributed by atoms with E-state index >= 15 is 0 Å². The minimum atomic E-state index is -4.73. The summed E-state index contributed by atoms with van der Waals surface area (Å²) in [6, 6.07) is 6.20. The van der Waals surface area contributed by atoms with Crippen molar-refractivity contribution in [3.05, 3.63) is 57.9 Å². The van der Waals surface area contributed by atoms with Crippen molar-refractivity contribution in [2.45, 2.75) is 129 Å². The van der Waals surface area contributed by atoms with Gasteiger partial charge in [0.2, 0.25) is 0 Å². The lowest BCUT2D eigenvalue weighted by Crippen LogP contribution is -2.36. The number of ether oxygens (including phenoxy) is 2. The standard InChI is InChI=1S/C34H48F3NO3S/c1-10-42(9,31(4,5)6)41-25-20-32(7,8)19-24-26(25)28-27(29(38-24)21(2)3)30(40-33(28)17-11-12-18-33)22-13-15-23(16-14-22)39-34(35,36)37/h13-16,21,25,30H,10-12,17-20H2,1-9H3/t25-,30+/m0/s1. The fraction of sp³-hybridized carbons (Fsp3) is 0.676. The van der Waals surface area contributed by atoms with Gasteiger partial charge in [-0.15, -0.1) is 23.5 Å². The molecule has 3 atom stereocenters. The average molecular weight is 608 g/mol. The average Bonchev–Trinajstić information content (AvgIpc) is 3.46. The van der Waals surface area contributed by atoms with Crippen LogP contribution in [-0.2, 0) is 20.9 Å². The lowest BCUT2D eigenvalue weighted by Gasteiger charge is -2.51. The lowest BCUT2D eigenvalue weighted by molar-refractivity contribution is -0.274. The maximum absolute atomic E-state index is 12.9. The van der Waals surface area contributed by atoms with E-state index in [0.717, 1.165) is 66.8 Å². The topological polar surface area (TPSA) is 40.6 Å². The van der Waals surface area contributed by atoms with Gasteiger partial charge in [0.1, 0.15) is 11.9 Å². The summed E-state index contributed by atoms with van der Waals surface area (Å²) in [5, 5.41) is 0. The van der Waals surface area contributed by atoms with Crippen molar-refractivity contribution in [2.24, 2.45) is 5.41 Å². The highest BCUT2D eigenvalue weighted by molar-refractivity contribution is 8.30. The molecule has 234 valence electrons. The Kier molecular flexibility index (Phi) is 8.06. The molecule has 0 N–H and O–H groups in total. The molecular formula is C34H48F3NO3S. The van der Waals surface area contributed by atoms with Crippen LogP contribution in [-0.4, -0.2) is 28.1 Å². The molecule has 2 aliphatic carbocycles. The van der Waals surface area contributed by atoms with Crippen molar-refractivity contribution in [1.29, 1.82) is 0 Å². The summed E-state index contributed by atoms with van der Waals surface area (Å²) in [4.78, 5) is 5.42. The third-order valence-corrected chi connectivity index (χ3v) is 14.0. The Morgan fingerprint density at radius 3 is 2.19 bits per heavy atom. The van der Waals surface area contributed by atoms with Gasteiger partial charge in [-0.1, -0.05) is 80.4 Å². The Balaban J connectivity index is 1.72. The van der Waals surface area contributed by atoms with Crippen LogP contribution in [0.1, 0.15) is 139 Å². The van der Waals surface area contributed by atoms with Gasteiger partial charge in [0.25, 0.3) is 0 Å². The maximum atomic E-state index is 12.9. The van der Waals surface area contributed by atoms with Gasteiger partial charge in [-0.25, -0.2) is 0 Å². The van der Waals surface area contributed by atoms with Gasteiger partial charge in [-0.05, 0) is 72.3 Å². The summed E-state index contributed by atoms with van der Waals surface area (Å²) in [5.74, 6) is 0.900. The Morgan fingerprint density at radius 1 is 1.05 bits per heavy atom. The second-order valence-corrected chi connectivity index (χ2v) is 18.7. The first-order valence-corrected chi connectivity index (χ1v) is 17.6. The molecule has 1 unspecified atom stereocenters. The molecule has 2 heterocycles. The number of fused-ring (bicyclic) bond motifs is 4. The molecule has 1 aromatic heterocycles. The van der Waals surface area contributed by atoms with Gasteiger partial charge in [0.05, 0.1) is 11.7 Å². The van der Waals surface area contributed by atoms with Gasteiger partial charge in [0, 0.05) is 27.3 Å². The summed E-state index contributed by atoms with van der Waals surface area (Å²) in [6.45, 7) is 18.1. The minimum absolute atomic E-state index is 0.0162. The molecule has 42 heavy (non-hydrogen) atoms. The Hall–Kier alpha value is -1.77. The van der Waals surface area contributed by atoms with Crippen LogP contribution in [0.4, 0.5) is 13.2 Å². The predicted octanol–water partition coefficient (Wildman–Crippen LogP) is 10.2. The van der Waals surface area contributed by atoms with E-state index in [2.05, 4.69) is 66.4 Å². The molecule has 3 aliphatic rings. The molecule has 1 fully saturated rings. The third-order valence-electron chi connectivity index (χ3n) is 9.70. The van der Waals surface area contributed by atoms with Gasteiger partial charge < -0.3 is 13.7 Å². The Morgan fingerprint density at radius 2 is 1.67 bits per heavy atom. The first-order valence-electron chi connectivity index (χ1n) is 15.4. The second-order valence-electron chi connectivity index (χ2n) is 14.7. The number of halogens is 3. The Labute approximate surface area is 251 Å². The smallest absolute Gasteiger partial charge is 0.406 e. The van der Waals surface area contributed by atoms with Gasteiger partial charge in [-0.2, -0.15) is 0 Å². The molecule has 2 aromatic rings.